The third kappa shape index (κ3) is 2.14. The predicted octanol–water partition coefficient (Wildman–Crippen LogP) is 3.55. The summed E-state index contributed by atoms with van der Waals surface area (Å²) >= 11 is 0. The van der Waals surface area contributed by atoms with Crippen molar-refractivity contribution in [3.05, 3.63) is 54.3 Å². The summed E-state index contributed by atoms with van der Waals surface area (Å²) in [7, 11) is 1.56. The van der Waals surface area contributed by atoms with E-state index in [9.17, 15) is 4.39 Å². The molecule has 0 bridgehead atoms. The molecular formula is C15H11FN2O2. The van der Waals surface area contributed by atoms with Crippen molar-refractivity contribution in [3.63, 3.8) is 0 Å². The Morgan fingerprint density at radius 1 is 0.900 bits per heavy atom. The number of benzene rings is 2. The van der Waals surface area contributed by atoms with Gasteiger partial charge >= 0.3 is 0 Å². The number of ether oxygens (including phenoxy) is 1. The maximum Gasteiger partial charge on any atom is 0.251 e. The van der Waals surface area contributed by atoms with E-state index in [0.717, 1.165) is 0 Å². The molecule has 3 rings (SSSR count). The molecule has 0 N–H and O–H groups in total. The quantitative estimate of drug-likeness (QED) is 0.730. The van der Waals surface area contributed by atoms with Gasteiger partial charge in [-0.15, -0.1) is 10.2 Å². The van der Waals surface area contributed by atoms with E-state index in [1.807, 2.05) is 12.1 Å². The fourth-order valence-electron chi connectivity index (χ4n) is 1.90. The average Bonchev–Trinajstić information content (AvgIpc) is 2.97. The first-order chi connectivity index (χ1) is 9.79. The SMILES string of the molecule is COc1ccccc1-c1nnc(-c2ccccc2F)o1. The minimum absolute atomic E-state index is 0.143. The van der Waals surface area contributed by atoms with Crippen LogP contribution in [0.4, 0.5) is 4.39 Å². The van der Waals surface area contributed by atoms with Crippen LogP contribution in [0.2, 0.25) is 0 Å². The Labute approximate surface area is 114 Å². The van der Waals surface area contributed by atoms with Gasteiger partial charge < -0.3 is 9.15 Å². The van der Waals surface area contributed by atoms with Gasteiger partial charge in [0.25, 0.3) is 11.8 Å². The van der Waals surface area contributed by atoms with Gasteiger partial charge in [-0.05, 0) is 24.3 Å². The van der Waals surface area contributed by atoms with Crippen LogP contribution in [0.25, 0.3) is 22.9 Å². The molecule has 0 radical (unpaired) electrons. The van der Waals surface area contributed by atoms with Crippen LogP contribution in [0.3, 0.4) is 0 Å². The Balaban J connectivity index is 2.05. The number of aromatic nitrogens is 2. The Kier molecular flexibility index (Phi) is 3.16. The van der Waals surface area contributed by atoms with Gasteiger partial charge in [-0.2, -0.15) is 0 Å². The maximum absolute atomic E-state index is 13.7. The molecule has 0 unspecified atom stereocenters. The standard InChI is InChI=1S/C15H11FN2O2/c1-19-13-9-5-3-7-11(13)15-18-17-14(20-15)10-6-2-4-8-12(10)16/h2-9H,1H3. The van der Waals surface area contributed by atoms with Crippen LogP contribution in [0, 0.1) is 5.82 Å². The van der Waals surface area contributed by atoms with Crippen LogP contribution in [0.5, 0.6) is 5.75 Å². The molecule has 0 spiro atoms. The molecule has 0 saturated heterocycles. The van der Waals surface area contributed by atoms with E-state index in [-0.39, 0.29) is 11.5 Å². The number of rotatable bonds is 3. The topological polar surface area (TPSA) is 48.2 Å². The van der Waals surface area contributed by atoms with Crippen molar-refractivity contribution >= 4 is 0 Å². The third-order valence-electron chi connectivity index (χ3n) is 2.87. The van der Waals surface area contributed by atoms with E-state index in [2.05, 4.69) is 10.2 Å². The van der Waals surface area contributed by atoms with E-state index in [1.165, 1.54) is 6.07 Å². The van der Waals surface area contributed by atoms with Gasteiger partial charge in [0.05, 0.1) is 18.2 Å². The van der Waals surface area contributed by atoms with Gasteiger partial charge in [0, 0.05) is 0 Å². The molecule has 1 heterocycles. The van der Waals surface area contributed by atoms with Crippen molar-refractivity contribution in [1.29, 1.82) is 0 Å². The van der Waals surface area contributed by atoms with Crippen LogP contribution >= 0.6 is 0 Å². The predicted molar refractivity (Wildman–Crippen MR) is 71.7 cm³/mol. The van der Waals surface area contributed by atoms with Crippen LogP contribution in [-0.4, -0.2) is 17.3 Å². The normalized spacial score (nSPS) is 10.5. The lowest BCUT2D eigenvalue weighted by Gasteiger charge is -2.03. The summed E-state index contributed by atoms with van der Waals surface area (Å²) in [6, 6.07) is 13.5. The third-order valence-corrected chi connectivity index (χ3v) is 2.87. The van der Waals surface area contributed by atoms with Gasteiger partial charge in [-0.1, -0.05) is 24.3 Å². The molecule has 0 fully saturated rings. The highest BCUT2D eigenvalue weighted by Crippen LogP contribution is 2.31. The van der Waals surface area contributed by atoms with Crippen molar-refractivity contribution < 1.29 is 13.5 Å². The first-order valence-electron chi connectivity index (χ1n) is 6.01. The van der Waals surface area contributed by atoms with Crippen LogP contribution in [0.15, 0.2) is 52.9 Å². The molecule has 3 aromatic rings. The summed E-state index contributed by atoms with van der Waals surface area (Å²) in [5, 5.41) is 7.84. The molecule has 0 aliphatic rings. The van der Waals surface area contributed by atoms with E-state index >= 15 is 0 Å². The van der Waals surface area contributed by atoms with Gasteiger partial charge in [0.2, 0.25) is 0 Å². The summed E-state index contributed by atoms with van der Waals surface area (Å²) in [5.41, 5.74) is 0.950. The summed E-state index contributed by atoms with van der Waals surface area (Å²) in [4.78, 5) is 0. The minimum Gasteiger partial charge on any atom is -0.496 e. The second kappa shape index (κ2) is 5.13. The molecule has 0 aliphatic carbocycles. The fourth-order valence-corrected chi connectivity index (χ4v) is 1.90. The number of para-hydroxylation sites is 1. The van der Waals surface area contributed by atoms with Crippen molar-refractivity contribution in [2.24, 2.45) is 0 Å². The second-order valence-corrected chi connectivity index (χ2v) is 4.09. The Morgan fingerprint density at radius 3 is 2.20 bits per heavy atom. The van der Waals surface area contributed by atoms with Crippen LogP contribution < -0.4 is 4.74 Å². The minimum atomic E-state index is -0.400. The first-order valence-corrected chi connectivity index (χ1v) is 6.01. The summed E-state index contributed by atoms with van der Waals surface area (Å²) < 4.78 is 24.5. The molecule has 5 heteroatoms. The van der Waals surface area contributed by atoms with Crippen molar-refractivity contribution in [3.8, 4) is 28.7 Å². The Hall–Kier alpha value is -2.69. The molecule has 100 valence electrons. The molecule has 0 atom stereocenters. The Bertz CT molecular complexity index is 740. The number of methoxy groups -OCH3 is 1. The highest BCUT2D eigenvalue weighted by Gasteiger charge is 2.15. The molecule has 0 amide bonds. The molecule has 0 saturated carbocycles. The first kappa shape index (κ1) is 12.3. The van der Waals surface area contributed by atoms with Crippen LogP contribution in [-0.2, 0) is 0 Å². The maximum atomic E-state index is 13.7. The monoisotopic (exact) mass is 270 g/mol. The van der Waals surface area contributed by atoms with Crippen LogP contribution in [0.1, 0.15) is 0 Å². The lowest BCUT2D eigenvalue weighted by atomic mass is 10.2. The van der Waals surface area contributed by atoms with E-state index in [4.69, 9.17) is 9.15 Å². The lowest BCUT2D eigenvalue weighted by molar-refractivity contribution is 0.414. The molecule has 0 aliphatic heterocycles. The number of halogens is 1. The highest BCUT2D eigenvalue weighted by molar-refractivity contribution is 5.64. The van der Waals surface area contributed by atoms with E-state index in [1.54, 1.807) is 37.4 Å². The smallest absolute Gasteiger partial charge is 0.251 e. The van der Waals surface area contributed by atoms with Gasteiger partial charge in [0.1, 0.15) is 11.6 Å². The zero-order chi connectivity index (χ0) is 13.9. The number of hydrogen-bond acceptors (Lipinski definition) is 4. The Morgan fingerprint density at radius 2 is 1.50 bits per heavy atom. The number of hydrogen-bond donors (Lipinski definition) is 0. The number of nitrogens with zero attached hydrogens (tertiary/aromatic N) is 2. The van der Waals surface area contributed by atoms with Gasteiger partial charge in [0.15, 0.2) is 0 Å². The largest absolute Gasteiger partial charge is 0.496 e. The highest BCUT2D eigenvalue weighted by atomic mass is 19.1. The summed E-state index contributed by atoms with van der Waals surface area (Å²) in [6.07, 6.45) is 0. The molecule has 2 aromatic carbocycles. The van der Waals surface area contributed by atoms with Gasteiger partial charge in [-0.25, -0.2) is 4.39 Å². The summed E-state index contributed by atoms with van der Waals surface area (Å²) in [5.74, 6) is 0.656. The molecule has 20 heavy (non-hydrogen) atoms. The van der Waals surface area contributed by atoms with E-state index in [0.29, 0.717) is 17.2 Å². The van der Waals surface area contributed by atoms with E-state index < -0.39 is 5.82 Å². The van der Waals surface area contributed by atoms with Crippen molar-refractivity contribution in [1.82, 2.24) is 10.2 Å². The zero-order valence-electron chi connectivity index (χ0n) is 10.7. The lowest BCUT2D eigenvalue weighted by Crippen LogP contribution is -1.87. The van der Waals surface area contributed by atoms with Crippen molar-refractivity contribution in [2.45, 2.75) is 0 Å². The molecule has 4 nitrogen and oxygen atoms in total. The van der Waals surface area contributed by atoms with Gasteiger partial charge in [-0.3, -0.25) is 0 Å². The second-order valence-electron chi connectivity index (χ2n) is 4.09. The molecular weight excluding hydrogens is 259 g/mol. The zero-order valence-corrected chi connectivity index (χ0v) is 10.7. The summed E-state index contributed by atoms with van der Waals surface area (Å²) in [6.45, 7) is 0. The molecule has 1 aromatic heterocycles. The fraction of sp³-hybridized carbons (Fsp3) is 0.0667. The average molecular weight is 270 g/mol. The van der Waals surface area contributed by atoms with Crippen molar-refractivity contribution in [2.75, 3.05) is 7.11 Å².